The third-order valence-corrected chi connectivity index (χ3v) is 2.73. The fraction of sp³-hybridized carbons (Fsp3) is 0.500. The van der Waals surface area contributed by atoms with Gasteiger partial charge in [-0.15, -0.1) is 0 Å². The molecule has 0 spiro atoms. The summed E-state index contributed by atoms with van der Waals surface area (Å²) in [6, 6.07) is 2.96. The van der Waals surface area contributed by atoms with Gasteiger partial charge in [-0.25, -0.2) is 9.18 Å². The second-order valence-electron chi connectivity index (χ2n) is 5.52. The number of carbonyl (C=O) groups excluding carboxylic acids is 1. The van der Waals surface area contributed by atoms with Gasteiger partial charge >= 0.3 is 5.97 Å². The van der Waals surface area contributed by atoms with Gasteiger partial charge < -0.3 is 10.1 Å². The maximum absolute atomic E-state index is 13.9. The van der Waals surface area contributed by atoms with Gasteiger partial charge in [-0.1, -0.05) is 0 Å². The first-order valence-electron chi connectivity index (χ1n) is 6.16. The van der Waals surface area contributed by atoms with Crippen molar-refractivity contribution in [2.45, 2.75) is 39.2 Å². The molecule has 0 radical (unpaired) electrons. The summed E-state index contributed by atoms with van der Waals surface area (Å²) in [6.45, 7) is 6.15. The topological polar surface area (TPSA) is 38.3 Å². The smallest absolute Gasteiger partial charge is 0.338 e. The molecule has 0 aliphatic carbocycles. The van der Waals surface area contributed by atoms with E-state index >= 15 is 0 Å². The monoisotopic (exact) mass is 251 g/mol. The Balaban J connectivity index is 2.30. The van der Waals surface area contributed by atoms with Crippen molar-refractivity contribution in [3.8, 4) is 0 Å². The zero-order valence-corrected chi connectivity index (χ0v) is 11.0. The normalized spacial score (nSPS) is 14.7. The number of halogens is 1. The number of esters is 1. The van der Waals surface area contributed by atoms with E-state index in [0.717, 1.165) is 24.9 Å². The van der Waals surface area contributed by atoms with Crippen LogP contribution in [-0.2, 0) is 11.2 Å². The Labute approximate surface area is 106 Å². The highest BCUT2D eigenvalue weighted by Gasteiger charge is 2.21. The first-order valence-corrected chi connectivity index (χ1v) is 6.16. The van der Waals surface area contributed by atoms with Crippen molar-refractivity contribution in [3.63, 3.8) is 0 Å². The van der Waals surface area contributed by atoms with Crippen LogP contribution in [0.15, 0.2) is 12.1 Å². The lowest BCUT2D eigenvalue weighted by molar-refractivity contribution is 0.00689. The highest BCUT2D eigenvalue weighted by molar-refractivity contribution is 5.90. The predicted molar refractivity (Wildman–Crippen MR) is 68.4 cm³/mol. The molecule has 1 aliphatic rings. The lowest BCUT2D eigenvalue weighted by atomic mass is 10.00. The number of ether oxygens (including phenoxy) is 1. The number of benzene rings is 1. The molecule has 1 aliphatic heterocycles. The Kier molecular flexibility index (Phi) is 3.28. The largest absolute Gasteiger partial charge is 0.456 e. The minimum absolute atomic E-state index is 0.282. The zero-order valence-electron chi connectivity index (χ0n) is 11.0. The van der Waals surface area contributed by atoms with Gasteiger partial charge in [0, 0.05) is 6.54 Å². The fourth-order valence-electron chi connectivity index (χ4n) is 2.01. The molecule has 0 atom stereocenters. The van der Waals surface area contributed by atoms with E-state index in [2.05, 4.69) is 5.32 Å². The van der Waals surface area contributed by atoms with Crippen LogP contribution in [0.2, 0.25) is 0 Å². The average molecular weight is 251 g/mol. The molecule has 3 nitrogen and oxygen atoms in total. The van der Waals surface area contributed by atoms with Gasteiger partial charge in [0.2, 0.25) is 0 Å². The van der Waals surface area contributed by atoms with E-state index in [0.29, 0.717) is 5.69 Å². The second-order valence-corrected chi connectivity index (χ2v) is 5.52. The van der Waals surface area contributed by atoms with Crippen LogP contribution in [-0.4, -0.2) is 18.1 Å². The SMILES string of the molecule is CC(C)(C)OC(=O)c1cc(F)c2c(c1)CCCN2. The third kappa shape index (κ3) is 2.81. The number of hydrogen-bond acceptors (Lipinski definition) is 3. The van der Waals surface area contributed by atoms with Crippen molar-refractivity contribution in [2.75, 3.05) is 11.9 Å². The number of carbonyl (C=O) groups is 1. The summed E-state index contributed by atoms with van der Waals surface area (Å²) < 4.78 is 19.1. The minimum atomic E-state index is -0.568. The summed E-state index contributed by atoms with van der Waals surface area (Å²) in [7, 11) is 0. The van der Waals surface area contributed by atoms with E-state index in [1.165, 1.54) is 6.07 Å². The van der Waals surface area contributed by atoms with Gasteiger partial charge in [0.05, 0.1) is 11.3 Å². The number of fused-ring (bicyclic) bond motifs is 1. The Hall–Kier alpha value is -1.58. The number of nitrogens with one attached hydrogen (secondary N) is 1. The lowest BCUT2D eigenvalue weighted by Gasteiger charge is -2.22. The van der Waals surface area contributed by atoms with Crippen molar-refractivity contribution in [1.82, 2.24) is 0 Å². The van der Waals surface area contributed by atoms with Crippen molar-refractivity contribution in [2.24, 2.45) is 0 Å². The molecule has 1 aromatic rings. The van der Waals surface area contributed by atoms with Gasteiger partial charge in [0.1, 0.15) is 11.4 Å². The van der Waals surface area contributed by atoms with Crippen LogP contribution < -0.4 is 5.32 Å². The number of hydrogen-bond donors (Lipinski definition) is 1. The van der Waals surface area contributed by atoms with Crippen LogP contribution in [0.25, 0.3) is 0 Å². The highest BCUT2D eigenvalue weighted by Crippen LogP contribution is 2.27. The van der Waals surface area contributed by atoms with Gasteiger partial charge in [-0.2, -0.15) is 0 Å². The van der Waals surface area contributed by atoms with E-state index in [1.54, 1.807) is 26.8 Å². The molecule has 1 heterocycles. The molecule has 0 amide bonds. The summed E-state index contributed by atoms with van der Waals surface area (Å²) in [5, 5.41) is 3.02. The second kappa shape index (κ2) is 4.59. The number of aryl methyl sites for hydroxylation is 1. The molecule has 18 heavy (non-hydrogen) atoms. The summed E-state index contributed by atoms with van der Waals surface area (Å²) in [5.74, 6) is -0.858. The standard InChI is InChI=1S/C14H18FNO2/c1-14(2,3)18-13(17)10-7-9-5-4-6-16-12(9)11(15)8-10/h7-8,16H,4-6H2,1-3H3. The molecule has 2 rings (SSSR count). The van der Waals surface area contributed by atoms with E-state index in [1.807, 2.05) is 0 Å². The maximum Gasteiger partial charge on any atom is 0.338 e. The van der Waals surface area contributed by atoms with Crippen molar-refractivity contribution in [1.29, 1.82) is 0 Å². The molecule has 1 aromatic carbocycles. The first kappa shape index (κ1) is 12.9. The van der Waals surface area contributed by atoms with E-state index in [4.69, 9.17) is 4.74 Å². The Bertz CT molecular complexity index is 477. The lowest BCUT2D eigenvalue weighted by Crippen LogP contribution is -2.24. The molecule has 0 saturated heterocycles. The summed E-state index contributed by atoms with van der Waals surface area (Å²) in [6.07, 6.45) is 1.74. The Morgan fingerprint density at radius 2 is 2.11 bits per heavy atom. The molecule has 98 valence electrons. The van der Waals surface area contributed by atoms with Crippen LogP contribution >= 0.6 is 0 Å². The van der Waals surface area contributed by atoms with Crippen LogP contribution in [0.5, 0.6) is 0 Å². The summed E-state index contributed by atoms with van der Waals surface area (Å²) in [4.78, 5) is 11.9. The van der Waals surface area contributed by atoms with Crippen molar-refractivity contribution >= 4 is 11.7 Å². The zero-order chi connectivity index (χ0) is 13.3. The summed E-state index contributed by atoms with van der Waals surface area (Å²) >= 11 is 0. The summed E-state index contributed by atoms with van der Waals surface area (Å²) in [5.41, 5.74) is 1.09. The fourth-order valence-corrected chi connectivity index (χ4v) is 2.01. The quantitative estimate of drug-likeness (QED) is 0.779. The van der Waals surface area contributed by atoms with Crippen LogP contribution in [0.3, 0.4) is 0 Å². The van der Waals surface area contributed by atoms with Crippen LogP contribution in [0.1, 0.15) is 43.1 Å². The van der Waals surface area contributed by atoms with E-state index in [-0.39, 0.29) is 11.4 Å². The Morgan fingerprint density at radius 3 is 2.78 bits per heavy atom. The van der Waals surface area contributed by atoms with E-state index < -0.39 is 11.6 Å². The Morgan fingerprint density at radius 1 is 1.39 bits per heavy atom. The van der Waals surface area contributed by atoms with Gasteiger partial charge in [-0.05, 0) is 51.3 Å². The molecule has 4 heteroatoms. The van der Waals surface area contributed by atoms with E-state index in [9.17, 15) is 9.18 Å². The predicted octanol–water partition coefficient (Wildman–Crippen LogP) is 3.14. The van der Waals surface area contributed by atoms with Crippen LogP contribution in [0.4, 0.5) is 10.1 Å². The number of anilines is 1. The van der Waals surface area contributed by atoms with Crippen LogP contribution in [0, 0.1) is 5.82 Å². The van der Waals surface area contributed by atoms with Gasteiger partial charge in [0.15, 0.2) is 0 Å². The number of rotatable bonds is 1. The molecule has 1 N–H and O–H groups in total. The molecule has 0 fully saturated rings. The molecule has 0 unspecified atom stereocenters. The van der Waals surface area contributed by atoms with Crippen molar-refractivity contribution < 1.29 is 13.9 Å². The first-order chi connectivity index (χ1) is 8.37. The molecule has 0 bridgehead atoms. The maximum atomic E-state index is 13.9. The highest BCUT2D eigenvalue weighted by atomic mass is 19.1. The third-order valence-electron chi connectivity index (χ3n) is 2.73. The molecule has 0 saturated carbocycles. The van der Waals surface area contributed by atoms with Gasteiger partial charge in [-0.3, -0.25) is 0 Å². The average Bonchev–Trinajstić information content (AvgIpc) is 2.26. The molecular weight excluding hydrogens is 233 g/mol. The molecular formula is C14H18FNO2. The van der Waals surface area contributed by atoms with Crippen molar-refractivity contribution in [3.05, 3.63) is 29.1 Å². The van der Waals surface area contributed by atoms with Gasteiger partial charge in [0.25, 0.3) is 0 Å². The minimum Gasteiger partial charge on any atom is -0.456 e. The molecule has 0 aromatic heterocycles.